The highest BCUT2D eigenvalue weighted by Crippen LogP contribution is 2.41. The molecule has 1 heterocycles. The van der Waals surface area contributed by atoms with Crippen molar-refractivity contribution in [3.8, 4) is 0 Å². The number of hydrogen-bond acceptors (Lipinski definition) is 1. The number of fused-ring (bicyclic) bond motifs is 1. The van der Waals surface area contributed by atoms with E-state index in [0.29, 0.717) is 0 Å². The third-order valence-corrected chi connectivity index (χ3v) is 5.35. The summed E-state index contributed by atoms with van der Waals surface area (Å²) in [5, 5.41) is 3.43. The fourth-order valence-electron chi connectivity index (χ4n) is 2.69. The normalized spacial score (nSPS) is 21.9. The number of rotatable bonds is 1. The highest BCUT2D eigenvalue weighted by Gasteiger charge is 2.36. The smallest absolute Gasteiger partial charge is 0.295 e. The van der Waals surface area contributed by atoms with Gasteiger partial charge in [-0.3, -0.25) is 5.32 Å². The standard InChI is InChI=1S/C16H13F3IN/c17-16(18,19)13-7-5-12(6-8-13)15(20)14-4-2-1-3-11(14)9-10-21-15/h1-8,21H,9-10H2/t15-/m0/s1. The molecule has 0 fully saturated rings. The molecule has 0 unspecified atom stereocenters. The molecule has 0 radical (unpaired) electrons. The zero-order valence-corrected chi connectivity index (χ0v) is 13.2. The number of alkyl halides is 4. The van der Waals surface area contributed by atoms with Crippen molar-refractivity contribution in [2.45, 2.75) is 16.1 Å². The average Bonchev–Trinajstić information content (AvgIpc) is 2.47. The Morgan fingerprint density at radius 3 is 2.33 bits per heavy atom. The van der Waals surface area contributed by atoms with Crippen LogP contribution in [0.1, 0.15) is 22.3 Å². The van der Waals surface area contributed by atoms with E-state index in [4.69, 9.17) is 0 Å². The molecule has 110 valence electrons. The lowest BCUT2D eigenvalue weighted by Gasteiger charge is -2.36. The molecule has 0 bridgehead atoms. The van der Waals surface area contributed by atoms with Crippen LogP contribution in [0.5, 0.6) is 0 Å². The molecule has 1 aliphatic rings. The van der Waals surface area contributed by atoms with E-state index >= 15 is 0 Å². The maximum Gasteiger partial charge on any atom is 0.416 e. The van der Waals surface area contributed by atoms with Crippen molar-refractivity contribution in [2.24, 2.45) is 0 Å². The molecule has 3 rings (SSSR count). The summed E-state index contributed by atoms with van der Waals surface area (Å²) in [5.41, 5.74) is 2.58. The second kappa shape index (κ2) is 5.28. The Morgan fingerprint density at radius 2 is 1.67 bits per heavy atom. The van der Waals surface area contributed by atoms with Crippen molar-refractivity contribution in [1.29, 1.82) is 0 Å². The molecular formula is C16H13F3IN. The minimum absolute atomic E-state index is 0.475. The molecule has 2 aromatic rings. The maximum atomic E-state index is 12.7. The molecule has 5 heteroatoms. The predicted molar refractivity (Wildman–Crippen MR) is 84.4 cm³/mol. The topological polar surface area (TPSA) is 12.0 Å². The SMILES string of the molecule is FC(F)(F)c1ccc([C@]2(I)NCCc3ccccc32)cc1. The molecule has 0 spiro atoms. The van der Waals surface area contributed by atoms with E-state index in [-0.39, 0.29) is 0 Å². The van der Waals surface area contributed by atoms with Crippen molar-refractivity contribution < 1.29 is 13.2 Å². The van der Waals surface area contributed by atoms with Gasteiger partial charge >= 0.3 is 6.18 Å². The number of nitrogens with one attached hydrogen (secondary N) is 1. The van der Waals surface area contributed by atoms with Crippen LogP contribution in [0, 0.1) is 0 Å². The first-order valence-corrected chi connectivity index (χ1v) is 7.69. The summed E-state index contributed by atoms with van der Waals surface area (Å²) < 4.78 is 37.6. The van der Waals surface area contributed by atoms with E-state index < -0.39 is 15.3 Å². The van der Waals surface area contributed by atoms with E-state index in [2.05, 4.69) is 34.0 Å². The van der Waals surface area contributed by atoms with Gasteiger partial charge in [0.15, 0.2) is 0 Å². The van der Waals surface area contributed by atoms with Gasteiger partial charge in [-0.25, -0.2) is 0 Å². The zero-order chi connectivity index (χ0) is 15.1. The summed E-state index contributed by atoms with van der Waals surface area (Å²) in [4.78, 5) is 0. The van der Waals surface area contributed by atoms with Crippen molar-refractivity contribution in [3.05, 3.63) is 70.8 Å². The summed E-state index contributed by atoms with van der Waals surface area (Å²) in [6.07, 6.45) is -3.36. The molecule has 1 aliphatic heterocycles. The Kier molecular flexibility index (Phi) is 3.73. The Balaban J connectivity index is 2.04. The van der Waals surface area contributed by atoms with Crippen molar-refractivity contribution in [2.75, 3.05) is 6.54 Å². The zero-order valence-electron chi connectivity index (χ0n) is 11.0. The van der Waals surface area contributed by atoms with Gasteiger partial charge in [0.2, 0.25) is 0 Å². The minimum Gasteiger partial charge on any atom is -0.295 e. The van der Waals surface area contributed by atoms with Gasteiger partial charge in [0, 0.05) is 6.54 Å². The molecule has 2 aromatic carbocycles. The third kappa shape index (κ3) is 2.68. The average molecular weight is 403 g/mol. The molecule has 0 amide bonds. The number of hydrogen-bond donors (Lipinski definition) is 1. The van der Waals surface area contributed by atoms with Crippen LogP contribution in [0.3, 0.4) is 0 Å². The third-order valence-electron chi connectivity index (χ3n) is 3.76. The van der Waals surface area contributed by atoms with Crippen LogP contribution in [-0.2, 0) is 16.1 Å². The van der Waals surface area contributed by atoms with Crippen LogP contribution in [0.2, 0.25) is 0 Å². The van der Waals surface area contributed by atoms with Crippen molar-refractivity contribution in [3.63, 3.8) is 0 Å². The fourth-order valence-corrected chi connectivity index (χ4v) is 3.84. The van der Waals surface area contributed by atoms with Crippen LogP contribution in [0.4, 0.5) is 13.2 Å². The molecule has 1 atom stereocenters. The van der Waals surface area contributed by atoms with Gasteiger partial charge in [0.05, 0.1) is 5.56 Å². The van der Waals surface area contributed by atoms with Crippen molar-refractivity contribution in [1.82, 2.24) is 5.32 Å². The lowest BCUT2D eigenvalue weighted by molar-refractivity contribution is -0.137. The van der Waals surface area contributed by atoms with E-state index in [0.717, 1.165) is 36.2 Å². The van der Waals surface area contributed by atoms with Crippen LogP contribution in [0.25, 0.3) is 0 Å². The first-order chi connectivity index (χ1) is 9.91. The van der Waals surface area contributed by atoms with E-state index in [9.17, 15) is 13.2 Å². The maximum absolute atomic E-state index is 12.7. The second-order valence-electron chi connectivity index (χ2n) is 5.07. The Morgan fingerprint density at radius 1 is 1.00 bits per heavy atom. The molecular weight excluding hydrogens is 390 g/mol. The summed E-state index contributed by atoms with van der Waals surface area (Å²) in [7, 11) is 0. The largest absolute Gasteiger partial charge is 0.416 e. The Bertz CT molecular complexity index is 651. The monoisotopic (exact) mass is 403 g/mol. The second-order valence-corrected chi connectivity index (χ2v) is 6.69. The molecule has 0 aliphatic carbocycles. The minimum atomic E-state index is -4.30. The van der Waals surface area contributed by atoms with Crippen molar-refractivity contribution >= 4 is 22.6 Å². The van der Waals surface area contributed by atoms with E-state index in [1.807, 2.05) is 18.2 Å². The summed E-state index contributed by atoms with van der Waals surface area (Å²) in [5.74, 6) is 0. The Labute approximate surface area is 134 Å². The summed E-state index contributed by atoms with van der Waals surface area (Å²) in [6.45, 7) is 0.807. The van der Waals surface area contributed by atoms with E-state index in [1.165, 1.54) is 5.56 Å². The van der Waals surface area contributed by atoms with Gasteiger partial charge in [-0.2, -0.15) is 13.2 Å². The fraction of sp³-hybridized carbons (Fsp3) is 0.250. The first kappa shape index (κ1) is 14.8. The first-order valence-electron chi connectivity index (χ1n) is 6.61. The molecule has 0 saturated carbocycles. The van der Waals surface area contributed by atoms with Gasteiger partial charge in [-0.05, 0) is 35.2 Å². The van der Waals surface area contributed by atoms with Gasteiger partial charge in [-0.1, -0.05) is 59.0 Å². The van der Waals surface area contributed by atoms with Gasteiger partial charge < -0.3 is 0 Å². The van der Waals surface area contributed by atoms with Gasteiger partial charge in [0.1, 0.15) is 3.55 Å². The lowest BCUT2D eigenvalue weighted by Crippen LogP contribution is -2.43. The molecule has 0 saturated heterocycles. The number of benzene rings is 2. The van der Waals surface area contributed by atoms with Crippen LogP contribution >= 0.6 is 22.6 Å². The Hall–Kier alpha value is -1.08. The molecule has 1 N–H and O–H groups in total. The van der Waals surface area contributed by atoms with Crippen LogP contribution in [0.15, 0.2) is 48.5 Å². The van der Waals surface area contributed by atoms with E-state index in [1.54, 1.807) is 12.1 Å². The molecule has 1 nitrogen and oxygen atoms in total. The number of halogens is 4. The highest BCUT2D eigenvalue weighted by molar-refractivity contribution is 14.1. The predicted octanol–water partition coefficient (Wildman–Crippen LogP) is 4.49. The molecule has 0 aromatic heterocycles. The highest BCUT2D eigenvalue weighted by atomic mass is 127. The van der Waals surface area contributed by atoms with Crippen LogP contribution < -0.4 is 5.32 Å². The lowest BCUT2D eigenvalue weighted by atomic mass is 9.89. The molecule has 21 heavy (non-hydrogen) atoms. The van der Waals surface area contributed by atoms with Gasteiger partial charge in [0.25, 0.3) is 0 Å². The summed E-state index contributed by atoms with van der Waals surface area (Å²) >= 11 is 2.29. The van der Waals surface area contributed by atoms with Crippen LogP contribution in [-0.4, -0.2) is 6.54 Å². The quantitative estimate of drug-likeness (QED) is 0.421. The summed E-state index contributed by atoms with van der Waals surface area (Å²) in [6, 6.07) is 13.5. The van der Waals surface area contributed by atoms with Gasteiger partial charge in [-0.15, -0.1) is 0 Å².